The first-order chi connectivity index (χ1) is 9.58. The number of aryl methyl sites for hydroxylation is 2. The molecule has 3 heterocycles. The lowest BCUT2D eigenvalue weighted by atomic mass is 10.2. The third-order valence-corrected chi connectivity index (χ3v) is 5.25. The first-order valence-electron chi connectivity index (χ1n) is 7.00. The Labute approximate surface area is 123 Å². The van der Waals surface area contributed by atoms with Crippen LogP contribution in [0.2, 0.25) is 0 Å². The minimum absolute atomic E-state index is 0.585. The molecule has 0 spiro atoms. The summed E-state index contributed by atoms with van der Waals surface area (Å²) in [6.45, 7) is 7.13. The Balaban J connectivity index is 1.86. The van der Waals surface area contributed by atoms with Crippen LogP contribution in [0.1, 0.15) is 22.7 Å². The average molecular weight is 291 g/mol. The fraction of sp³-hybridized carbons (Fsp3) is 0.571. The lowest BCUT2D eigenvalue weighted by Gasteiger charge is -2.15. The predicted octanol–water partition coefficient (Wildman–Crippen LogP) is 1.68. The monoisotopic (exact) mass is 291 g/mol. The zero-order valence-electron chi connectivity index (χ0n) is 12.2. The molecule has 1 aliphatic rings. The fourth-order valence-corrected chi connectivity index (χ4v) is 3.87. The number of nitrogens with two attached hydrogens (primary N) is 1. The van der Waals surface area contributed by atoms with Gasteiger partial charge in [-0.05, 0) is 32.9 Å². The molecular weight excluding hydrogens is 270 g/mol. The number of hydrogen-bond donors (Lipinski definition) is 2. The Morgan fingerprint density at radius 1 is 1.40 bits per heavy atom. The van der Waals surface area contributed by atoms with Crippen LogP contribution in [0.25, 0.3) is 10.2 Å². The summed E-state index contributed by atoms with van der Waals surface area (Å²) in [5.41, 5.74) is 7.34. The number of rotatable bonds is 3. The molecule has 1 aliphatic heterocycles. The van der Waals surface area contributed by atoms with Gasteiger partial charge in [-0.2, -0.15) is 0 Å². The standard InChI is InChI=1S/C14H21N5S/c1-8-9(2)20-14-12(8)13(15)17-11(18-14)7-19-5-4-10(6-19)16-3/h10,16H,4-7H2,1-3H3,(H2,15,17,18). The maximum Gasteiger partial charge on any atom is 0.146 e. The molecule has 5 nitrogen and oxygen atoms in total. The minimum Gasteiger partial charge on any atom is -0.383 e. The van der Waals surface area contributed by atoms with Gasteiger partial charge in [0.25, 0.3) is 0 Å². The van der Waals surface area contributed by atoms with Crippen molar-refractivity contribution in [2.45, 2.75) is 32.9 Å². The highest BCUT2D eigenvalue weighted by atomic mass is 32.1. The van der Waals surface area contributed by atoms with Crippen LogP contribution < -0.4 is 11.1 Å². The number of nitrogens with one attached hydrogen (secondary N) is 1. The molecule has 2 aromatic rings. The smallest absolute Gasteiger partial charge is 0.146 e. The average Bonchev–Trinajstić information content (AvgIpc) is 2.95. The van der Waals surface area contributed by atoms with E-state index in [9.17, 15) is 0 Å². The van der Waals surface area contributed by atoms with Gasteiger partial charge in [-0.25, -0.2) is 9.97 Å². The Bertz CT molecular complexity index is 636. The number of aromatic nitrogens is 2. The normalized spacial score (nSPS) is 20.1. The summed E-state index contributed by atoms with van der Waals surface area (Å²) in [7, 11) is 2.02. The highest BCUT2D eigenvalue weighted by molar-refractivity contribution is 7.18. The van der Waals surface area contributed by atoms with E-state index in [1.807, 2.05) is 7.05 Å². The van der Waals surface area contributed by atoms with Crippen LogP contribution in [0.3, 0.4) is 0 Å². The summed E-state index contributed by atoms with van der Waals surface area (Å²) in [6.07, 6.45) is 1.19. The minimum atomic E-state index is 0.585. The summed E-state index contributed by atoms with van der Waals surface area (Å²) in [5, 5.41) is 4.36. The maximum absolute atomic E-state index is 6.12. The summed E-state index contributed by atoms with van der Waals surface area (Å²) in [4.78, 5) is 13.9. The van der Waals surface area contributed by atoms with Gasteiger partial charge >= 0.3 is 0 Å². The summed E-state index contributed by atoms with van der Waals surface area (Å²) in [6, 6.07) is 0.585. The second-order valence-corrected chi connectivity index (χ2v) is 6.70. The van der Waals surface area contributed by atoms with E-state index in [0.29, 0.717) is 11.9 Å². The van der Waals surface area contributed by atoms with E-state index >= 15 is 0 Å². The quantitative estimate of drug-likeness (QED) is 0.900. The van der Waals surface area contributed by atoms with E-state index < -0.39 is 0 Å². The molecule has 3 rings (SSSR count). The lowest BCUT2D eigenvalue weighted by molar-refractivity contribution is 0.314. The molecule has 1 fully saturated rings. The summed E-state index contributed by atoms with van der Waals surface area (Å²) >= 11 is 1.71. The zero-order chi connectivity index (χ0) is 14.3. The van der Waals surface area contributed by atoms with Gasteiger partial charge in [0.15, 0.2) is 0 Å². The van der Waals surface area contributed by atoms with Gasteiger partial charge < -0.3 is 11.1 Å². The van der Waals surface area contributed by atoms with Crippen LogP contribution in [-0.2, 0) is 6.54 Å². The topological polar surface area (TPSA) is 67.1 Å². The van der Waals surface area contributed by atoms with Crippen molar-refractivity contribution in [1.29, 1.82) is 0 Å². The second-order valence-electron chi connectivity index (χ2n) is 5.50. The van der Waals surface area contributed by atoms with E-state index in [2.05, 4.69) is 29.0 Å². The van der Waals surface area contributed by atoms with Crippen LogP contribution >= 0.6 is 11.3 Å². The van der Waals surface area contributed by atoms with Crippen molar-refractivity contribution in [1.82, 2.24) is 20.2 Å². The number of nitrogen functional groups attached to an aromatic ring is 1. The molecule has 1 saturated heterocycles. The molecule has 1 unspecified atom stereocenters. The van der Waals surface area contributed by atoms with Crippen LogP contribution in [0.5, 0.6) is 0 Å². The van der Waals surface area contributed by atoms with Crippen LogP contribution in [0.4, 0.5) is 5.82 Å². The van der Waals surface area contributed by atoms with Gasteiger partial charge in [0.2, 0.25) is 0 Å². The molecular formula is C14H21N5S. The summed E-state index contributed by atoms with van der Waals surface area (Å²) in [5.74, 6) is 1.46. The molecule has 0 saturated carbocycles. The first kappa shape index (κ1) is 13.7. The molecule has 0 aromatic carbocycles. The van der Waals surface area contributed by atoms with Gasteiger partial charge in [0, 0.05) is 24.0 Å². The number of likely N-dealkylation sites (N-methyl/N-ethyl adjacent to an activating group) is 1. The van der Waals surface area contributed by atoms with Gasteiger partial charge in [-0.1, -0.05) is 0 Å². The van der Waals surface area contributed by atoms with Crippen LogP contribution in [0, 0.1) is 13.8 Å². The molecule has 2 aromatic heterocycles. The third kappa shape index (κ3) is 2.39. The van der Waals surface area contributed by atoms with E-state index in [4.69, 9.17) is 10.7 Å². The molecule has 0 bridgehead atoms. The van der Waals surface area contributed by atoms with Crippen LogP contribution in [-0.4, -0.2) is 41.0 Å². The molecule has 0 radical (unpaired) electrons. The van der Waals surface area contributed by atoms with Crippen molar-refractivity contribution >= 4 is 27.4 Å². The Morgan fingerprint density at radius 2 is 2.20 bits per heavy atom. The summed E-state index contributed by atoms with van der Waals surface area (Å²) < 4.78 is 0. The number of fused-ring (bicyclic) bond motifs is 1. The number of likely N-dealkylation sites (tertiary alicyclic amines) is 1. The van der Waals surface area contributed by atoms with Crippen LogP contribution in [0.15, 0.2) is 0 Å². The zero-order valence-corrected chi connectivity index (χ0v) is 13.0. The molecule has 20 heavy (non-hydrogen) atoms. The Kier molecular flexibility index (Phi) is 3.62. The van der Waals surface area contributed by atoms with E-state index in [1.165, 1.54) is 16.9 Å². The molecule has 1 atom stereocenters. The van der Waals surface area contributed by atoms with Gasteiger partial charge in [0.1, 0.15) is 16.5 Å². The number of nitrogens with zero attached hydrogens (tertiary/aromatic N) is 3. The highest BCUT2D eigenvalue weighted by Gasteiger charge is 2.22. The molecule has 3 N–H and O–H groups in total. The van der Waals surface area contributed by atoms with E-state index in [-0.39, 0.29) is 0 Å². The van der Waals surface area contributed by atoms with Gasteiger partial charge in [0.05, 0.1) is 11.9 Å². The number of hydrogen-bond acceptors (Lipinski definition) is 6. The number of thiophene rings is 1. The second kappa shape index (κ2) is 5.27. The number of anilines is 1. The van der Waals surface area contributed by atoms with Crippen molar-refractivity contribution in [3.63, 3.8) is 0 Å². The molecule has 0 aliphatic carbocycles. The first-order valence-corrected chi connectivity index (χ1v) is 7.82. The van der Waals surface area contributed by atoms with Crippen molar-refractivity contribution < 1.29 is 0 Å². The van der Waals surface area contributed by atoms with Crippen molar-refractivity contribution in [2.75, 3.05) is 25.9 Å². The molecule has 6 heteroatoms. The van der Waals surface area contributed by atoms with E-state index in [0.717, 1.165) is 35.7 Å². The largest absolute Gasteiger partial charge is 0.383 e. The highest BCUT2D eigenvalue weighted by Crippen LogP contribution is 2.32. The van der Waals surface area contributed by atoms with Gasteiger partial charge in [-0.3, -0.25) is 4.90 Å². The SMILES string of the molecule is CNC1CCN(Cc2nc(N)c3c(C)c(C)sc3n2)C1. The predicted molar refractivity (Wildman–Crippen MR) is 84.0 cm³/mol. The van der Waals surface area contributed by atoms with Crippen molar-refractivity contribution in [3.05, 3.63) is 16.3 Å². The van der Waals surface area contributed by atoms with Crippen molar-refractivity contribution in [3.8, 4) is 0 Å². The lowest BCUT2D eigenvalue weighted by Crippen LogP contribution is -2.29. The Hall–Kier alpha value is -1.24. The van der Waals surface area contributed by atoms with Gasteiger partial charge in [-0.15, -0.1) is 11.3 Å². The fourth-order valence-electron chi connectivity index (χ4n) is 2.81. The molecule has 0 amide bonds. The maximum atomic E-state index is 6.12. The molecule has 108 valence electrons. The van der Waals surface area contributed by atoms with E-state index in [1.54, 1.807) is 11.3 Å². The Morgan fingerprint density at radius 3 is 2.90 bits per heavy atom. The third-order valence-electron chi connectivity index (χ3n) is 4.15. The van der Waals surface area contributed by atoms with Crippen molar-refractivity contribution in [2.24, 2.45) is 0 Å².